The van der Waals surface area contributed by atoms with E-state index in [2.05, 4.69) is 15.4 Å². The number of fused-ring (bicyclic) bond motifs is 1. The largest absolute Gasteiger partial charge is 0.345 e. The van der Waals surface area contributed by atoms with E-state index in [0.717, 1.165) is 23.9 Å². The Balaban J connectivity index is 1.63. The topological polar surface area (TPSA) is 76.9 Å². The number of ketones is 1. The van der Waals surface area contributed by atoms with E-state index in [1.165, 1.54) is 19.1 Å². The Morgan fingerprint density at radius 3 is 2.50 bits per heavy atom. The monoisotopic (exact) mass is 430 g/mol. The second kappa shape index (κ2) is 9.09. The van der Waals surface area contributed by atoms with Crippen LogP contribution in [0.25, 0.3) is 16.6 Å². The minimum Gasteiger partial charge on any atom is -0.345 e. The van der Waals surface area contributed by atoms with Crippen molar-refractivity contribution in [2.45, 2.75) is 32.7 Å². The van der Waals surface area contributed by atoms with Crippen molar-refractivity contribution in [1.82, 2.24) is 20.1 Å². The molecule has 6 nitrogen and oxygen atoms in total. The maximum atomic E-state index is 13.3. The van der Waals surface area contributed by atoms with Crippen molar-refractivity contribution in [3.63, 3.8) is 0 Å². The number of carbonyl (C=O) groups excluding carboxylic acids is 2. The van der Waals surface area contributed by atoms with E-state index < -0.39 is 0 Å². The van der Waals surface area contributed by atoms with Gasteiger partial charge in [-0.1, -0.05) is 25.5 Å². The lowest BCUT2D eigenvalue weighted by Gasteiger charge is -2.19. The van der Waals surface area contributed by atoms with Gasteiger partial charge in [-0.05, 0) is 54.4 Å². The van der Waals surface area contributed by atoms with Gasteiger partial charge in [-0.25, -0.2) is 9.07 Å². The number of hydrogen-bond donors (Lipinski definition) is 1. The Labute approximate surface area is 185 Å². The average Bonchev–Trinajstić information content (AvgIpc) is 3.23. The Morgan fingerprint density at radius 1 is 1.06 bits per heavy atom. The fraction of sp³-hybridized carbons (Fsp3) is 0.200. The summed E-state index contributed by atoms with van der Waals surface area (Å²) in [6.45, 7) is 3.52. The summed E-state index contributed by atoms with van der Waals surface area (Å²) in [5, 5.41) is 8.21. The average molecular weight is 430 g/mol. The molecule has 0 fully saturated rings. The smallest absolute Gasteiger partial charge is 0.252 e. The summed E-state index contributed by atoms with van der Waals surface area (Å²) in [5.41, 5.74) is 3.21. The van der Waals surface area contributed by atoms with Crippen LogP contribution in [0.2, 0.25) is 0 Å². The first-order valence-electron chi connectivity index (χ1n) is 10.5. The third kappa shape index (κ3) is 4.27. The molecule has 0 bridgehead atoms. The lowest BCUT2D eigenvalue weighted by Crippen LogP contribution is -2.28. The van der Waals surface area contributed by atoms with Crippen LogP contribution in [0.3, 0.4) is 0 Å². The van der Waals surface area contributed by atoms with Crippen LogP contribution >= 0.6 is 0 Å². The highest BCUT2D eigenvalue weighted by Gasteiger charge is 2.19. The molecule has 0 aliphatic rings. The summed E-state index contributed by atoms with van der Waals surface area (Å²) < 4.78 is 15.0. The Bertz CT molecular complexity index is 1260. The van der Waals surface area contributed by atoms with Crippen LogP contribution in [-0.4, -0.2) is 26.5 Å². The SMILES string of the molecule is CCCC(NC(=O)c1cccc2c1cnn2-c1ccc(F)cc1)c1ccc(C(C)=O)nc1. The third-order valence-electron chi connectivity index (χ3n) is 5.36. The van der Waals surface area contributed by atoms with E-state index in [1.54, 1.807) is 47.4 Å². The molecule has 0 saturated carbocycles. The number of benzene rings is 2. The maximum absolute atomic E-state index is 13.3. The van der Waals surface area contributed by atoms with Gasteiger partial charge in [-0.15, -0.1) is 0 Å². The van der Waals surface area contributed by atoms with E-state index in [9.17, 15) is 14.0 Å². The minimum atomic E-state index is -0.321. The first-order chi connectivity index (χ1) is 15.5. The Morgan fingerprint density at radius 2 is 1.84 bits per heavy atom. The van der Waals surface area contributed by atoms with Gasteiger partial charge in [-0.3, -0.25) is 14.6 Å². The number of nitrogens with zero attached hydrogens (tertiary/aromatic N) is 3. The molecular formula is C25H23FN4O2. The molecule has 4 aromatic rings. The summed E-state index contributed by atoms with van der Waals surface area (Å²) in [5.74, 6) is -0.640. The number of hydrogen-bond acceptors (Lipinski definition) is 4. The third-order valence-corrected chi connectivity index (χ3v) is 5.36. The normalized spacial score (nSPS) is 12.0. The van der Waals surface area contributed by atoms with E-state index in [0.29, 0.717) is 22.3 Å². The molecule has 162 valence electrons. The quantitative estimate of drug-likeness (QED) is 0.417. The number of Topliss-reactive ketones (excluding diaryl/α,β-unsaturated/α-hetero) is 1. The molecule has 0 saturated heterocycles. The maximum Gasteiger partial charge on any atom is 0.252 e. The lowest BCUT2D eigenvalue weighted by atomic mass is 10.0. The molecule has 32 heavy (non-hydrogen) atoms. The Hall–Kier alpha value is -3.87. The van der Waals surface area contributed by atoms with Gasteiger partial charge in [0, 0.05) is 18.5 Å². The van der Waals surface area contributed by atoms with E-state index in [-0.39, 0.29) is 23.5 Å². The van der Waals surface area contributed by atoms with Crippen molar-refractivity contribution < 1.29 is 14.0 Å². The number of amides is 1. The number of aromatic nitrogens is 3. The lowest BCUT2D eigenvalue weighted by molar-refractivity contribution is 0.0934. The molecule has 1 unspecified atom stereocenters. The molecule has 7 heteroatoms. The molecule has 0 aliphatic carbocycles. The molecule has 1 N–H and O–H groups in total. The fourth-order valence-electron chi connectivity index (χ4n) is 3.70. The van der Waals surface area contributed by atoms with Crippen molar-refractivity contribution in [3.05, 3.63) is 89.6 Å². The van der Waals surface area contributed by atoms with Gasteiger partial charge < -0.3 is 5.32 Å². The summed E-state index contributed by atoms with van der Waals surface area (Å²) in [4.78, 5) is 28.9. The van der Waals surface area contributed by atoms with Crippen LogP contribution in [0, 0.1) is 5.82 Å². The molecule has 2 aromatic heterocycles. The molecule has 2 heterocycles. The molecular weight excluding hydrogens is 407 g/mol. The van der Waals surface area contributed by atoms with Gasteiger partial charge in [0.05, 0.1) is 29.0 Å². The molecule has 4 rings (SSSR count). The Kier molecular flexibility index (Phi) is 6.07. The van der Waals surface area contributed by atoms with Crippen molar-refractivity contribution >= 4 is 22.6 Å². The highest BCUT2D eigenvalue weighted by Crippen LogP contribution is 2.24. The van der Waals surface area contributed by atoms with Gasteiger partial charge in [0.15, 0.2) is 5.78 Å². The molecule has 2 aromatic carbocycles. The van der Waals surface area contributed by atoms with Crippen LogP contribution in [0.5, 0.6) is 0 Å². The standard InChI is InChI=1S/C25H23FN4O2/c1-3-5-23(17-8-13-22(16(2)31)27-14-17)29-25(32)20-6-4-7-24-21(20)15-28-30(24)19-11-9-18(26)10-12-19/h4,6-15,23H,3,5H2,1-2H3,(H,29,32). The van der Waals surface area contributed by atoms with Crippen LogP contribution in [0.4, 0.5) is 4.39 Å². The first kappa shape index (κ1) is 21.4. The van der Waals surface area contributed by atoms with Crippen LogP contribution in [-0.2, 0) is 0 Å². The van der Waals surface area contributed by atoms with Crippen LogP contribution < -0.4 is 5.32 Å². The molecule has 0 aliphatic heterocycles. The van der Waals surface area contributed by atoms with Crippen LogP contribution in [0.15, 0.2) is 67.0 Å². The summed E-state index contributed by atoms with van der Waals surface area (Å²) in [7, 11) is 0. The van der Waals surface area contributed by atoms with Crippen LogP contribution in [0.1, 0.15) is 59.1 Å². The van der Waals surface area contributed by atoms with Gasteiger partial charge >= 0.3 is 0 Å². The molecule has 0 spiro atoms. The number of rotatable bonds is 7. The van der Waals surface area contributed by atoms with Crippen molar-refractivity contribution in [3.8, 4) is 5.69 Å². The number of pyridine rings is 1. The zero-order chi connectivity index (χ0) is 22.7. The predicted molar refractivity (Wildman–Crippen MR) is 120 cm³/mol. The number of carbonyl (C=O) groups is 2. The number of halogens is 1. The fourth-order valence-corrected chi connectivity index (χ4v) is 3.70. The summed E-state index contributed by atoms with van der Waals surface area (Å²) in [6.07, 6.45) is 4.89. The van der Waals surface area contributed by atoms with Gasteiger partial charge in [0.2, 0.25) is 0 Å². The van der Waals surface area contributed by atoms with E-state index in [1.807, 2.05) is 19.1 Å². The second-order valence-corrected chi connectivity index (χ2v) is 7.62. The van der Waals surface area contributed by atoms with E-state index >= 15 is 0 Å². The van der Waals surface area contributed by atoms with Crippen molar-refractivity contribution in [2.24, 2.45) is 0 Å². The van der Waals surface area contributed by atoms with Gasteiger partial charge in [-0.2, -0.15) is 5.10 Å². The second-order valence-electron chi connectivity index (χ2n) is 7.62. The highest BCUT2D eigenvalue weighted by atomic mass is 19.1. The minimum absolute atomic E-state index is 0.0996. The zero-order valence-electron chi connectivity index (χ0n) is 17.9. The molecule has 1 atom stereocenters. The van der Waals surface area contributed by atoms with E-state index in [4.69, 9.17) is 0 Å². The highest BCUT2D eigenvalue weighted by molar-refractivity contribution is 6.06. The number of nitrogens with one attached hydrogen (secondary N) is 1. The summed E-state index contributed by atoms with van der Waals surface area (Å²) in [6, 6.07) is 14.7. The molecule has 0 radical (unpaired) electrons. The zero-order valence-corrected chi connectivity index (χ0v) is 17.9. The predicted octanol–water partition coefficient (Wildman–Crippen LogP) is 5.03. The van der Waals surface area contributed by atoms with Gasteiger partial charge in [0.1, 0.15) is 11.5 Å². The van der Waals surface area contributed by atoms with Crippen molar-refractivity contribution in [2.75, 3.05) is 0 Å². The molecule has 1 amide bonds. The van der Waals surface area contributed by atoms with Crippen molar-refractivity contribution in [1.29, 1.82) is 0 Å². The first-order valence-corrected chi connectivity index (χ1v) is 10.5. The summed E-state index contributed by atoms with van der Waals surface area (Å²) >= 11 is 0. The van der Waals surface area contributed by atoms with Gasteiger partial charge in [0.25, 0.3) is 5.91 Å².